The second-order valence-corrected chi connectivity index (χ2v) is 8.82. The van der Waals surface area contributed by atoms with Gasteiger partial charge in [0, 0.05) is 32.1 Å². The summed E-state index contributed by atoms with van der Waals surface area (Å²) in [4.78, 5) is 18.3. The molecule has 29 heavy (non-hydrogen) atoms. The van der Waals surface area contributed by atoms with E-state index in [2.05, 4.69) is 35.5 Å². The molecule has 3 rings (SSSR count). The molecule has 0 bridgehead atoms. The van der Waals surface area contributed by atoms with E-state index in [0.717, 1.165) is 48.4 Å². The molecule has 160 valence electrons. The van der Waals surface area contributed by atoms with Gasteiger partial charge in [-0.2, -0.15) is 0 Å². The van der Waals surface area contributed by atoms with E-state index in [1.165, 1.54) is 12.8 Å². The first-order valence-corrected chi connectivity index (χ1v) is 10.9. The van der Waals surface area contributed by atoms with Crippen LogP contribution in [-0.2, 0) is 4.79 Å². The molecule has 1 aliphatic heterocycles. The van der Waals surface area contributed by atoms with E-state index < -0.39 is 0 Å². The van der Waals surface area contributed by atoms with Gasteiger partial charge in [-0.15, -0.1) is 0 Å². The first kappa shape index (κ1) is 21.5. The number of para-hydroxylation sites is 1. The van der Waals surface area contributed by atoms with Crippen molar-refractivity contribution in [1.82, 2.24) is 15.5 Å². The van der Waals surface area contributed by atoms with Crippen LogP contribution in [0.3, 0.4) is 0 Å². The van der Waals surface area contributed by atoms with Crippen LogP contribution < -0.4 is 15.4 Å². The minimum atomic E-state index is 0.00185. The fourth-order valence-corrected chi connectivity index (χ4v) is 4.20. The molecule has 1 saturated carbocycles. The summed E-state index contributed by atoms with van der Waals surface area (Å²) >= 11 is 0. The van der Waals surface area contributed by atoms with Crippen molar-refractivity contribution in [1.29, 1.82) is 0 Å². The number of aliphatic imine (C=N–C) groups is 1. The van der Waals surface area contributed by atoms with Crippen molar-refractivity contribution in [2.45, 2.75) is 58.0 Å². The van der Waals surface area contributed by atoms with Crippen LogP contribution in [0.5, 0.6) is 5.75 Å². The molecule has 0 spiro atoms. The van der Waals surface area contributed by atoms with E-state index in [9.17, 15) is 4.79 Å². The maximum Gasteiger partial charge on any atom is 0.243 e. The predicted molar refractivity (Wildman–Crippen MR) is 117 cm³/mol. The summed E-state index contributed by atoms with van der Waals surface area (Å²) in [6.45, 7) is 5.47. The van der Waals surface area contributed by atoms with E-state index >= 15 is 0 Å². The third-order valence-electron chi connectivity index (χ3n) is 6.20. The lowest BCUT2D eigenvalue weighted by Gasteiger charge is -2.33. The average Bonchev–Trinajstić information content (AvgIpc) is 2.72. The zero-order valence-electron chi connectivity index (χ0n) is 18.3. The van der Waals surface area contributed by atoms with Crippen LogP contribution in [0.1, 0.15) is 57.6 Å². The molecule has 0 saturated heterocycles. The van der Waals surface area contributed by atoms with E-state index in [1.807, 2.05) is 18.2 Å². The lowest BCUT2D eigenvalue weighted by molar-refractivity contribution is -0.127. The van der Waals surface area contributed by atoms with E-state index in [0.29, 0.717) is 12.6 Å². The second-order valence-electron chi connectivity index (χ2n) is 8.82. The van der Waals surface area contributed by atoms with Gasteiger partial charge in [0.05, 0.1) is 12.6 Å². The first-order chi connectivity index (χ1) is 13.9. The fraction of sp³-hybridized carbons (Fsp3) is 0.652. The highest BCUT2D eigenvalue weighted by molar-refractivity contribution is 5.85. The number of fused-ring (bicyclic) bond motifs is 1. The highest BCUT2D eigenvalue weighted by Crippen LogP contribution is 2.32. The van der Waals surface area contributed by atoms with Crippen LogP contribution in [-0.4, -0.2) is 50.1 Å². The Balaban J connectivity index is 1.69. The lowest BCUT2D eigenvalue weighted by atomic mass is 9.80. The maximum atomic E-state index is 12.1. The molecule has 1 heterocycles. The third kappa shape index (κ3) is 5.87. The average molecular weight is 401 g/mol. The molecule has 6 nitrogen and oxygen atoms in total. The number of likely N-dealkylation sites (N-methyl/N-ethyl adjacent to an activating group) is 1. The third-order valence-corrected chi connectivity index (χ3v) is 6.20. The number of rotatable bonds is 5. The van der Waals surface area contributed by atoms with Gasteiger partial charge in [0.15, 0.2) is 5.96 Å². The van der Waals surface area contributed by atoms with Crippen LogP contribution in [0.2, 0.25) is 0 Å². The van der Waals surface area contributed by atoms with E-state index in [4.69, 9.17) is 4.74 Å². The molecular weight excluding hydrogens is 364 g/mol. The van der Waals surface area contributed by atoms with Crippen molar-refractivity contribution in [3.63, 3.8) is 0 Å². The van der Waals surface area contributed by atoms with Gasteiger partial charge in [-0.25, -0.2) is 4.99 Å². The standard InChI is InChI=1S/C23H36N4O2/c1-16(2)17-9-11-18(12-10-17)25-23(24-15-22(28)27(3)4)26-20-13-14-29-21-8-6-5-7-19(20)21/h5-8,16-18,20H,9-15H2,1-4H3,(H2,24,25,26). The van der Waals surface area contributed by atoms with Gasteiger partial charge in [0.2, 0.25) is 5.91 Å². The number of ether oxygens (including phenoxy) is 1. The molecule has 1 amide bonds. The van der Waals surface area contributed by atoms with Gasteiger partial charge in [-0.1, -0.05) is 32.0 Å². The molecular formula is C23H36N4O2. The summed E-state index contributed by atoms with van der Waals surface area (Å²) in [6.07, 6.45) is 5.67. The molecule has 1 unspecified atom stereocenters. The zero-order chi connectivity index (χ0) is 20.8. The predicted octanol–water partition coefficient (Wildman–Crippen LogP) is 3.35. The van der Waals surface area contributed by atoms with Crippen molar-refractivity contribution < 1.29 is 9.53 Å². The summed E-state index contributed by atoms with van der Waals surface area (Å²) in [5, 5.41) is 7.19. The summed E-state index contributed by atoms with van der Waals surface area (Å²) < 4.78 is 5.79. The van der Waals surface area contributed by atoms with Gasteiger partial charge >= 0.3 is 0 Å². The monoisotopic (exact) mass is 400 g/mol. The summed E-state index contributed by atoms with van der Waals surface area (Å²) in [5.74, 6) is 3.23. The Hall–Kier alpha value is -2.24. The molecule has 0 radical (unpaired) electrons. The molecule has 1 aromatic rings. The summed E-state index contributed by atoms with van der Waals surface area (Å²) in [7, 11) is 3.53. The number of guanidine groups is 1. The van der Waals surface area contributed by atoms with Crippen molar-refractivity contribution in [3.05, 3.63) is 29.8 Å². The van der Waals surface area contributed by atoms with Gasteiger partial charge < -0.3 is 20.3 Å². The molecule has 1 atom stereocenters. The number of nitrogens with one attached hydrogen (secondary N) is 2. The van der Waals surface area contributed by atoms with Gasteiger partial charge in [-0.05, 0) is 43.6 Å². The smallest absolute Gasteiger partial charge is 0.243 e. The van der Waals surface area contributed by atoms with E-state index in [1.54, 1.807) is 19.0 Å². The van der Waals surface area contributed by atoms with Crippen LogP contribution in [0, 0.1) is 11.8 Å². The summed E-state index contributed by atoms with van der Waals surface area (Å²) in [5.41, 5.74) is 1.15. The Morgan fingerprint density at radius 2 is 1.86 bits per heavy atom. The number of carbonyl (C=O) groups is 1. The number of amides is 1. The Labute approximate surface area is 175 Å². The van der Waals surface area contributed by atoms with Crippen LogP contribution in [0.15, 0.2) is 29.3 Å². The number of hydrogen-bond acceptors (Lipinski definition) is 3. The van der Waals surface area contributed by atoms with Crippen molar-refractivity contribution in [2.75, 3.05) is 27.2 Å². The molecule has 0 aromatic heterocycles. The summed E-state index contributed by atoms with van der Waals surface area (Å²) in [6, 6.07) is 8.68. The molecule has 2 aliphatic rings. The van der Waals surface area contributed by atoms with Crippen molar-refractivity contribution in [2.24, 2.45) is 16.8 Å². The minimum absolute atomic E-state index is 0.00185. The fourth-order valence-electron chi connectivity index (χ4n) is 4.20. The SMILES string of the molecule is CC(C)C1CCC(NC(=NCC(=O)N(C)C)NC2CCOc3ccccc32)CC1. The van der Waals surface area contributed by atoms with Gasteiger partial charge in [0.1, 0.15) is 12.3 Å². The van der Waals surface area contributed by atoms with Gasteiger partial charge in [-0.3, -0.25) is 4.79 Å². The topological polar surface area (TPSA) is 66.0 Å². The minimum Gasteiger partial charge on any atom is -0.493 e. The molecule has 1 aliphatic carbocycles. The molecule has 1 aromatic carbocycles. The molecule has 6 heteroatoms. The highest BCUT2D eigenvalue weighted by Gasteiger charge is 2.26. The molecule has 2 N–H and O–H groups in total. The Morgan fingerprint density at radius 1 is 1.14 bits per heavy atom. The first-order valence-electron chi connectivity index (χ1n) is 10.9. The lowest BCUT2D eigenvalue weighted by Crippen LogP contribution is -2.47. The van der Waals surface area contributed by atoms with Crippen molar-refractivity contribution in [3.8, 4) is 5.75 Å². The van der Waals surface area contributed by atoms with Crippen molar-refractivity contribution >= 4 is 11.9 Å². The highest BCUT2D eigenvalue weighted by atomic mass is 16.5. The number of benzene rings is 1. The Bertz CT molecular complexity index is 709. The van der Waals surface area contributed by atoms with Crippen LogP contribution >= 0.6 is 0 Å². The quantitative estimate of drug-likeness (QED) is 0.588. The van der Waals surface area contributed by atoms with Crippen LogP contribution in [0.4, 0.5) is 0 Å². The number of carbonyl (C=O) groups excluding carboxylic acids is 1. The maximum absolute atomic E-state index is 12.1. The Morgan fingerprint density at radius 3 is 2.55 bits per heavy atom. The molecule has 1 fully saturated rings. The normalized spacial score (nSPS) is 24.4. The van der Waals surface area contributed by atoms with Gasteiger partial charge in [0.25, 0.3) is 0 Å². The van der Waals surface area contributed by atoms with Crippen LogP contribution in [0.25, 0.3) is 0 Å². The van der Waals surface area contributed by atoms with E-state index in [-0.39, 0.29) is 18.5 Å². The number of hydrogen-bond donors (Lipinski definition) is 2. The number of nitrogens with zero attached hydrogens (tertiary/aromatic N) is 2. The zero-order valence-corrected chi connectivity index (χ0v) is 18.3. The largest absolute Gasteiger partial charge is 0.493 e. The Kier molecular flexibility index (Phi) is 7.40. The second kappa shape index (κ2) is 9.99.